The smallest absolute Gasteiger partial charge is 0.137 e. The minimum absolute atomic E-state index is 0.211. The van der Waals surface area contributed by atoms with E-state index in [1.165, 1.54) is 0 Å². The molecule has 0 aliphatic rings. The van der Waals surface area contributed by atoms with Crippen LogP contribution in [0.1, 0.15) is 20.8 Å². The van der Waals surface area contributed by atoms with Crippen LogP contribution in [0.5, 0.6) is 0 Å². The zero-order valence-corrected chi connectivity index (χ0v) is 9.84. The van der Waals surface area contributed by atoms with E-state index in [1.807, 2.05) is 4.68 Å². The first-order chi connectivity index (χ1) is 7.13. The molecule has 0 aliphatic carbocycles. The molecule has 1 heterocycles. The molecule has 15 heavy (non-hydrogen) atoms. The maximum Gasteiger partial charge on any atom is 0.137 e. The summed E-state index contributed by atoms with van der Waals surface area (Å²) in [5.74, 6) is 0. The van der Waals surface area contributed by atoms with Crippen molar-refractivity contribution in [2.24, 2.45) is 0 Å². The maximum absolute atomic E-state index is 5.25. The van der Waals surface area contributed by atoms with Crippen molar-refractivity contribution in [1.82, 2.24) is 20.1 Å². The third-order valence-electron chi connectivity index (χ3n) is 2.55. The summed E-state index contributed by atoms with van der Waals surface area (Å²) in [6.45, 7) is 7.12. The molecule has 0 saturated heterocycles. The van der Waals surface area contributed by atoms with Crippen LogP contribution in [0.2, 0.25) is 0 Å². The highest BCUT2D eigenvalue weighted by Gasteiger charge is 2.13. The summed E-state index contributed by atoms with van der Waals surface area (Å²) in [5.41, 5.74) is 0. The summed E-state index contributed by atoms with van der Waals surface area (Å²) in [6, 6.07) is 0.674. The summed E-state index contributed by atoms with van der Waals surface area (Å²) in [6.07, 6.45) is 3.49. The third-order valence-corrected chi connectivity index (χ3v) is 2.55. The minimum atomic E-state index is 0.211. The Labute approximate surface area is 90.8 Å². The molecular weight excluding hydrogens is 192 g/mol. The first-order valence-electron chi connectivity index (χ1n) is 5.24. The second kappa shape index (κ2) is 5.82. The molecule has 1 aromatic heterocycles. The van der Waals surface area contributed by atoms with E-state index < -0.39 is 0 Å². The topological polar surface area (TPSA) is 52.0 Å². The van der Waals surface area contributed by atoms with Gasteiger partial charge in [-0.25, -0.2) is 4.98 Å². The lowest BCUT2D eigenvalue weighted by Crippen LogP contribution is -2.43. The molecule has 5 nitrogen and oxygen atoms in total. The van der Waals surface area contributed by atoms with Gasteiger partial charge in [0.1, 0.15) is 12.7 Å². The normalized spacial score (nSPS) is 17.3. The van der Waals surface area contributed by atoms with Crippen molar-refractivity contribution in [3.63, 3.8) is 0 Å². The Kier molecular flexibility index (Phi) is 4.71. The van der Waals surface area contributed by atoms with Crippen LogP contribution >= 0.6 is 0 Å². The van der Waals surface area contributed by atoms with Crippen LogP contribution in [-0.2, 0) is 11.3 Å². The number of ether oxygens (including phenoxy) is 1. The van der Waals surface area contributed by atoms with E-state index >= 15 is 0 Å². The predicted molar refractivity (Wildman–Crippen MR) is 58.6 cm³/mol. The van der Waals surface area contributed by atoms with Crippen LogP contribution in [0.3, 0.4) is 0 Å². The van der Waals surface area contributed by atoms with Crippen molar-refractivity contribution in [1.29, 1.82) is 0 Å². The number of nitrogens with zero attached hydrogens (tertiary/aromatic N) is 3. The lowest BCUT2D eigenvalue weighted by Gasteiger charge is -2.24. The standard InChI is InChI=1S/C10H20N4O/c1-8(5-14-7-11-6-12-14)13-9(2)10(3)15-4/h6-10,13H,5H2,1-4H3. The van der Waals surface area contributed by atoms with Crippen LogP contribution in [0.25, 0.3) is 0 Å². The molecule has 0 aromatic carbocycles. The third kappa shape index (κ3) is 3.97. The number of hydrogen-bond acceptors (Lipinski definition) is 4. The summed E-state index contributed by atoms with van der Waals surface area (Å²) in [5, 5.41) is 7.52. The largest absolute Gasteiger partial charge is 0.380 e. The summed E-state index contributed by atoms with van der Waals surface area (Å²) in [7, 11) is 1.73. The van der Waals surface area contributed by atoms with Gasteiger partial charge in [0, 0.05) is 19.2 Å². The highest BCUT2D eigenvalue weighted by molar-refractivity contribution is 4.73. The van der Waals surface area contributed by atoms with Crippen molar-refractivity contribution in [3.8, 4) is 0 Å². The Bertz CT molecular complexity index is 262. The number of rotatable bonds is 6. The number of methoxy groups -OCH3 is 1. The SMILES string of the molecule is COC(C)C(C)NC(C)Cn1cncn1. The first kappa shape index (κ1) is 12.1. The van der Waals surface area contributed by atoms with Crippen molar-refractivity contribution in [2.45, 2.75) is 45.5 Å². The Balaban J connectivity index is 2.32. The zero-order chi connectivity index (χ0) is 11.3. The Morgan fingerprint density at radius 3 is 2.67 bits per heavy atom. The lowest BCUT2D eigenvalue weighted by atomic mass is 10.2. The van der Waals surface area contributed by atoms with Gasteiger partial charge in [-0.2, -0.15) is 5.10 Å². The molecule has 0 saturated carbocycles. The number of nitrogens with one attached hydrogen (secondary N) is 1. The van der Waals surface area contributed by atoms with E-state index in [-0.39, 0.29) is 6.10 Å². The van der Waals surface area contributed by atoms with E-state index in [0.717, 1.165) is 6.54 Å². The van der Waals surface area contributed by atoms with Gasteiger partial charge in [-0.05, 0) is 20.8 Å². The summed E-state index contributed by atoms with van der Waals surface area (Å²) < 4.78 is 7.07. The van der Waals surface area contributed by atoms with Gasteiger partial charge in [0.15, 0.2) is 0 Å². The second-order valence-electron chi connectivity index (χ2n) is 3.91. The lowest BCUT2D eigenvalue weighted by molar-refractivity contribution is 0.0841. The Morgan fingerprint density at radius 2 is 2.13 bits per heavy atom. The molecule has 0 radical (unpaired) electrons. The van der Waals surface area contributed by atoms with Crippen molar-refractivity contribution >= 4 is 0 Å². The van der Waals surface area contributed by atoms with Gasteiger partial charge in [0.25, 0.3) is 0 Å². The van der Waals surface area contributed by atoms with Crippen molar-refractivity contribution < 1.29 is 4.74 Å². The molecule has 0 spiro atoms. The highest BCUT2D eigenvalue weighted by Crippen LogP contribution is 1.99. The van der Waals surface area contributed by atoms with Crippen LogP contribution < -0.4 is 5.32 Å². The van der Waals surface area contributed by atoms with Gasteiger partial charge in [-0.15, -0.1) is 0 Å². The van der Waals surface area contributed by atoms with Gasteiger partial charge in [-0.1, -0.05) is 0 Å². The van der Waals surface area contributed by atoms with Gasteiger partial charge >= 0.3 is 0 Å². The Morgan fingerprint density at radius 1 is 1.40 bits per heavy atom. The molecule has 3 atom stereocenters. The molecule has 1 rings (SSSR count). The van der Waals surface area contributed by atoms with Gasteiger partial charge in [0.05, 0.1) is 12.6 Å². The molecule has 1 aromatic rings. The van der Waals surface area contributed by atoms with Crippen LogP contribution in [-0.4, -0.2) is 40.1 Å². The number of aromatic nitrogens is 3. The zero-order valence-electron chi connectivity index (χ0n) is 9.84. The highest BCUT2D eigenvalue weighted by atomic mass is 16.5. The van der Waals surface area contributed by atoms with Gasteiger partial charge < -0.3 is 10.1 Å². The van der Waals surface area contributed by atoms with E-state index in [4.69, 9.17) is 4.74 Å². The van der Waals surface area contributed by atoms with E-state index in [1.54, 1.807) is 19.8 Å². The second-order valence-corrected chi connectivity index (χ2v) is 3.91. The minimum Gasteiger partial charge on any atom is -0.380 e. The number of hydrogen-bond donors (Lipinski definition) is 1. The molecule has 0 bridgehead atoms. The van der Waals surface area contributed by atoms with Crippen LogP contribution in [0.4, 0.5) is 0 Å². The monoisotopic (exact) mass is 212 g/mol. The summed E-state index contributed by atoms with van der Waals surface area (Å²) >= 11 is 0. The first-order valence-corrected chi connectivity index (χ1v) is 5.24. The molecule has 0 amide bonds. The predicted octanol–water partition coefficient (Wildman–Crippen LogP) is 0.680. The van der Waals surface area contributed by atoms with Crippen molar-refractivity contribution in [3.05, 3.63) is 12.7 Å². The van der Waals surface area contributed by atoms with E-state index in [2.05, 4.69) is 36.2 Å². The molecule has 0 fully saturated rings. The van der Waals surface area contributed by atoms with Crippen molar-refractivity contribution in [2.75, 3.05) is 7.11 Å². The van der Waals surface area contributed by atoms with Crippen LogP contribution in [0.15, 0.2) is 12.7 Å². The van der Waals surface area contributed by atoms with Gasteiger partial charge in [-0.3, -0.25) is 4.68 Å². The molecule has 3 unspecified atom stereocenters. The molecule has 1 N–H and O–H groups in total. The fourth-order valence-corrected chi connectivity index (χ4v) is 1.45. The molecule has 5 heteroatoms. The average molecular weight is 212 g/mol. The van der Waals surface area contributed by atoms with Crippen LogP contribution in [0, 0.1) is 0 Å². The fraction of sp³-hybridized carbons (Fsp3) is 0.800. The maximum atomic E-state index is 5.25. The van der Waals surface area contributed by atoms with E-state index in [9.17, 15) is 0 Å². The Hall–Kier alpha value is -0.940. The molecule has 86 valence electrons. The molecule has 0 aliphatic heterocycles. The molecular formula is C10H20N4O. The average Bonchev–Trinajstić information content (AvgIpc) is 2.68. The fourth-order valence-electron chi connectivity index (χ4n) is 1.45. The van der Waals surface area contributed by atoms with E-state index in [0.29, 0.717) is 12.1 Å². The quantitative estimate of drug-likeness (QED) is 0.753. The van der Waals surface area contributed by atoms with Gasteiger partial charge in [0.2, 0.25) is 0 Å². The summed E-state index contributed by atoms with van der Waals surface area (Å²) in [4.78, 5) is 3.91.